The molecule has 4 heteroatoms. The first-order chi connectivity index (χ1) is 9.98. The average molecular weight is 291 g/mol. The van der Waals surface area contributed by atoms with Gasteiger partial charge < -0.3 is 15.2 Å². The van der Waals surface area contributed by atoms with Crippen molar-refractivity contribution in [2.75, 3.05) is 13.7 Å². The number of benzene rings is 1. The molecule has 116 valence electrons. The van der Waals surface area contributed by atoms with Gasteiger partial charge in [-0.3, -0.25) is 4.79 Å². The number of hydrogen-bond donors (Lipinski definition) is 2. The fourth-order valence-electron chi connectivity index (χ4n) is 2.55. The second-order valence-electron chi connectivity index (χ2n) is 6.28. The monoisotopic (exact) mass is 291 g/mol. The Labute approximate surface area is 126 Å². The Hall–Kier alpha value is -1.55. The summed E-state index contributed by atoms with van der Waals surface area (Å²) >= 11 is 0. The SMILES string of the molecule is COc1ccc(C(C)(C)C(=O)NC(CCO)C2CC2)cc1. The third kappa shape index (κ3) is 3.76. The molecule has 1 aliphatic rings. The van der Waals surface area contributed by atoms with Crippen molar-refractivity contribution in [3.8, 4) is 5.75 Å². The molecule has 0 saturated heterocycles. The Morgan fingerprint density at radius 3 is 2.48 bits per heavy atom. The van der Waals surface area contributed by atoms with Crippen molar-refractivity contribution in [1.82, 2.24) is 5.32 Å². The van der Waals surface area contributed by atoms with Crippen LogP contribution in [-0.4, -0.2) is 30.8 Å². The molecular weight excluding hydrogens is 266 g/mol. The average Bonchev–Trinajstić information content (AvgIpc) is 3.31. The van der Waals surface area contributed by atoms with Crippen LogP contribution in [0.3, 0.4) is 0 Å². The highest BCUT2D eigenvalue weighted by Crippen LogP contribution is 2.35. The van der Waals surface area contributed by atoms with E-state index in [9.17, 15) is 4.79 Å². The molecule has 2 rings (SSSR count). The van der Waals surface area contributed by atoms with Crippen LogP contribution in [0.2, 0.25) is 0 Å². The third-order valence-electron chi connectivity index (χ3n) is 4.33. The molecule has 1 saturated carbocycles. The predicted molar refractivity (Wildman–Crippen MR) is 82.4 cm³/mol. The molecule has 0 heterocycles. The lowest BCUT2D eigenvalue weighted by Gasteiger charge is -2.28. The van der Waals surface area contributed by atoms with E-state index in [1.165, 1.54) is 0 Å². The molecule has 1 aromatic carbocycles. The summed E-state index contributed by atoms with van der Waals surface area (Å²) in [5.74, 6) is 1.33. The molecule has 0 spiro atoms. The van der Waals surface area contributed by atoms with Gasteiger partial charge in [-0.25, -0.2) is 0 Å². The minimum atomic E-state index is -0.602. The Morgan fingerprint density at radius 2 is 2.00 bits per heavy atom. The summed E-state index contributed by atoms with van der Waals surface area (Å²) in [5.41, 5.74) is 0.355. The predicted octanol–water partition coefficient (Wildman–Crippen LogP) is 2.25. The minimum Gasteiger partial charge on any atom is -0.497 e. The molecule has 0 aliphatic heterocycles. The smallest absolute Gasteiger partial charge is 0.230 e. The van der Waals surface area contributed by atoms with Gasteiger partial charge in [0.2, 0.25) is 5.91 Å². The van der Waals surface area contributed by atoms with Crippen molar-refractivity contribution in [2.24, 2.45) is 5.92 Å². The Morgan fingerprint density at radius 1 is 1.38 bits per heavy atom. The largest absolute Gasteiger partial charge is 0.497 e. The van der Waals surface area contributed by atoms with E-state index in [2.05, 4.69) is 5.32 Å². The number of aliphatic hydroxyl groups excluding tert-OH is 1. The lowest BCUT2D eigenvalue weighted by molar-refractivity contribution is -0.126. The first-order valence-corrected chi connectivity index (χ1v) is 7.55. The Balaban J connectivity index is 2.07. The molecule has 1 aliphatic carbocycles. The van der Waals surface area contributed by atoms with Gasteiger partial charge in [-0.05, 0) is 56.7 Å². The fourth-order valence-corrected chi connectivity index (χ4v) is 2.55. The molecule has 2 N–H and O–H groups in total. The molecule has 0 radical (unpaired) electrons. The Kier molecular flexibility index (Phi) is 4.88. The quantitative estimate of drug-likeness (QED) is 0.810. The van der Waals surface area contributed by atoms with Gasteiger partial charge in [0.25, 0.3) is 0 Å². The number of methoxy groups -OCH3 is 1. The van der Waals surface area contributed by atoms with Gasteiger partial charge in [0.1, 0.15) is 5.75 Å². The summed E-state index contributed by atoms with van der Waals surface area (Å²) in [7, 11) is 1.63. The van der Waals surface area contributed by atoms with Crippen LogP contribution in [0.25, 0.3) is 0 Å². The number of carbonyl (C=O) groups is 1. The molecule has 1 aromatic rings. The first-order valence-electron chi connectivity index (χ1n) is 7.55. The van der Waals surface area contributed by atoms with Gasteiger partial charge in [-0.15, -0.1) is 0 Å². The van der Waals surface area contributed by atoms with Crippen LogP contribution >= 0.6 is 0 Å². The maximum absolute atomic E-state index is 12.6. The molecule has 0 bridgehead atoms. The molecule has 1 fully saturated rings. The Bertz CT molecular complexity index is 477. The van der Waals surface area contributed by atoms with Gasteiger partial charge in [-0.1, -0.05) is 12.1 Å². The van der Waals surface area contributed by atoms with Crippen LogP contribution in [0, 0.1) is 5.92 Å². The summed E-state index contributed by atoms with van der Waals surface area (Å²) in [6.45, 7) is 3.96. The zero-order chi connectivity index (χ0) is 15.5. The van der Waals surface area contributed by atoms with E-state index in [4.69, 9.17) is 9.84 Å². The van der Waals surface area contributed by atoms with Crippen LogP contribution in [0.5, 0.6) is 5.75 Å². The van der Waals surface area contributed by atoms with Crippen LogP contribution in [0.4, 0.5) is 0 Å². The summed E-state index contributed by atoms with van der Waals surface area (Å²) in [6, 6.07) is 7.69. The van der Waals surface area contributed by atoms with Crippen molar-refractivity contribution in [1.29, 1.82) is 0 Å². The van der Waals surface area contributed by atoms with Gasteiger partial charge in [-0.2, -0.15) is 0 Å². The van der Waals surface area contributed by atoms with Crippen molar-refractivity contribution in [3.63, 3.8) is 0 Å². The van der Waals surface area contributed by atoms with E-state index in [-0.39, 0.29) is 18.6 Å². The number of hydrogen-bond acceptors (Lipinski definition) is 3. The zero-order valence-corrected chi connectivity index (χ0v) is 13.1. The van der Waals surface area contributed by atoms with E-state index >= 15 is 0 Å². The van der Waals surface area contributed by atoms with Gasteiger partial charge in [0.05, 0.1) is 12.5 Å². The maximum Gasteiger partial charge on any atom is 0.230 e. The number of rotatable bonds is 7. The number of carbonyl (C=O) groups excluding carboxylic acids is 1. The minimum absolute atomic E-state index is 0.0121. The standard InChI is InChI=1S/C17H25NO3/c1-17(2,13-6-8-14(21-3)9-7-13)16(20)18-15(10-11-19)12-4-5-12/h6-9,12,15,19H,4-5,10-11H2,1-3H3,(H,18,20). The highest BCUT2D eigenvalue weighted by atomic mass is 16.5. The van der Waals surface area contributed by atoms with Gasteiger partial charge in [0, 0.05) is 12.6 Å². The second kappa shape index (κ2) is 6.48. The van der Waals surface area contributed by atoms with Gasteiger partial charge >= 0.3 is 0 Å². The van der Waals surface area contributed by atoms with Crippen molar-refractivity contribution < 1.29 is 14.6 Å². The highest BCUT2D eigenvalue weighted by Gasteiger charge is 2.36. The summed E-state index contributed by atoms with van der Waals surface area (Å²) in [6.07, 6.45) is 2.93. The second-order valence-corrected chi connectivity index (χ2v) is 6.28. The maximum atomic E-state index is 12.6. The van der Waals surface area contributed by atoms with E-state index in [1.54, 1.807) is 7.11 Å². The normalized spacial score (nSPS) is 16.4. The molecule has 1 atom stereocenters. The third-order valence-corrected chi connectivity index (χ3v) is 4.33. The molecule has 1 amide bonds. The van der Waals surface area contributed by atoms with Crippen molar-refractivity contribution in [2.45, 2.75) is 44.6 Å². The number of ether oxygens (including phenoxy) is 1. The number of amides is 1. The van der Waals surface area contributed by atoms with Crippen LogP contribution in [-0.2, 0) is 10.2 Å². The number of aliphatic hydroxyl groups is 1. The lowest BCUT2D eigenvalue weighted by Crippen LogP contribution is -2.46. The molecule has 4 nitrogen and oxygen atoms in total. The summed E-state index contributed by atoms with van der Waals surface area (Å²) < 4.78 is 5.15. The van der Waals surface area contributed by atoms with Crippen molar-refractivity contribution in [3.05, 3.63) is 29.8 Å². The van der Waals surface area contributed by atoms with E-state index in [0.717, 1.165) is 24.2 Å². The van der Waals surface area contributed by atoms with Crippen molar-refractivity contribution >= 4 is 5.91 Å². The molecule has 1 unspecified atom stereocenters. The van der Waals surface area contributed by atoms with Crippen LogP contribution < -0.4 is 10.1 Å². The van der Waals surface area contributed by atoms with E-state index < -0.39 is 5.41 Å². The van der Waals surface area contributed by atoms with E-state index in [0.29, 0.717) is 12.3 Å². The van der Waals surface area contributed by atoms with Gasteiger partial charge in [0.15, 0.2) is 0 Å². The topological polar surface area (TPSA) is 58.6 Å². The zero-order valence-electron chi connectivity index (χ0n) is 13.1. The summed E-state index contributed by atoms with van der Waals surface area (Å²) in [4.78, 5) is 12.6. The van der Waals surface area contributed by atoms with Crippen LogP contribution in [0.1, 0.15) is 38.7 Å². The molecular formula is C17H25NO3. The van der Waals surface area contributed by atoms with E-state index in [1.807, 2.05) is 38.1 Å². The lowest BCUT2D eigenvalue weighted by atomic mass is 9.83. The molecule has 0 aromatic heterocycles. The number of nitrogens with one attached hydrogen (secondary N) is 1. The van der Waals surface area contributed by atoms with Crippen LogP contribution in [0.15, 0.2) is 24.3 Å². The first kappa shape index (κ1) is 15.8. The molecule has 21 heavy (non-hydrogen) atoms. The highest BCUT2D eigenvalue weighted by molar-refractivity contribution is 5.87. The fraction of sp³-hybridized carbons (Fsp3) is 0.588. The summed E-state index contributed by atoms with van der Waals surface area (Å²) in [5, 5.41) is 12.3.